The molecule has 0 fully saturated rings. The van der Waals surface area contributed by atoms with E-state index in [0.29, 0.717) is 38.3 Å². The van der Waals surface area contributed by atoms with Crippen LogP contribution >= 0.6 is 11.3 Å². The molecule has 0 radical (unpaired) electrons. The second-order valence-corrected chi connectivity index (χ2v) is 9.26. The molecule has 0 saturated heterocycles. The van der Waals surface area contributed by atoms with Crippen molar-refractivity contribution in [3.63, 3.8) is 0 Å². The summed E-state index contributed by atoms with van der Waals surface area (Å²) in [7, 11) is 0. The monoisotopic (exact) mass is 463 g/mol. The van der Waals surface area contributed by atoms with Gasteiger partial charge in [0.15, 0.2) is 11.5 Å². The third kappa shape index (κ3) is 4.18. The third-order valence-electron chi connectivity index (χ3n) is 5.86. The number of aromatic nitrogens is 2. The molecule has 5 rings (SSSR count). The van der Waals surface area contributed by atoms with Gasteiger partial charge in [0.25, 0.3) is 5.56 Å². The van der Waals surface area contributed by atoms with Gasteiger partial charge in [0, 0.05) is 23.1 Å². The maximum Gasteiger partial charge on any atom is 0.276 e. The van der Waals surface area contributed by atoms with Gasteiger partial charge in [0.05, 0.1) is 21.8 Å². The molecule has 170 valence electrons. The molecule has 4 aromatic rings. The molecule has 2 aromatic heterocycles. The summed E-state index contributed by atoms with van der Waals surface area (Å²) in [5.41, 5.74) is 1.69. The zero-order valence-electron chi connectivity index (χ0n) is 18.6. The topological polar surface area (TPSA) is 82.5 Å². The van der Waals surface area contributed by atoms with Crippen molar-refractivity contribution in [2.24, 2.45) is 0 Å². The summed E-state index contributed by atoms with van der Waals surface area (Å²) in [6.45, 7) is 5.33. The number of rotatable bonds is 6. The Kier molecular flexibility index (Phi) is 5.76. The molecular formula is C25H25N3O4S. The van der Waals surface area contributed by atoms with Crippen molar-refractivity contribution in [2.75, 3.05) is 13.2 Å². The number of nitrogens with one attached hydrogen (secondary N) is 1. The quantitative estimate of drug-likeness (QED) is 0.460. The number of ether oxygens (including phenoxy) is 2. The van der Waals surface area contributed by atoms with Gasteiger partial charge in [0.1, 0.15) is 13.2 Å². The first-order valence-corrected chi connectivity index (χ1v) is 11.9. The van der Waals surface area contributed by atoms with Gasteiger partial charge in [-0.1, -0.05) is 24.3 Å². The molecule has 0 spiro atoms. The summed E-state index contributed by atoms with van der Waals surface area (Å²) in [5.74, 6) is 1.37. The van der Waals surface area contributed by atoms with E-state index in [-0.39, 0.29) is 17.5 Å². The lowest BCUT2D eigenvalue weighted by Crippen LogP contribution is -2.28. The highest BCUT2D eigenvalue weighted by Crippen LogP contribution is 2.33. The second-order valence-electron chi connectivity index (χ2n) is 8.21. The number of carbonyl (C=O) groups excluding carboxylic acids is 1. The minimum atomic E-state index is -0.162. The fourth-order valence-electron chi connectivity index (χ4n) is 4.18. The van der Waals surface area contributed by atoms with E-state index in [1.165, 1.54) is 4.68 Å². The van der Waals surface area contributed by atoms with E-state index in [0.717, 1.165) is 37.2 Å². The highest BCUT2D eigenvalue weighted by Gasteiger charge is 2.17. The number of hydrogen-bond acceptors (Lipinski definition) is 6. The highest BCUT2D eigenvalue weighted by molar-refractivity contribution is 7.26. The zero-order valence-corrected chi connectivity index (χ0v) is 19.4. The Labute approximate surface area is 194 Å². The van der Waals surface area contributed by atoms with E-state index in [2.05, 4.69) is 10.4 Å². The van der Waals surface area contributed by atoms with Crippen molar-refractivity contribution in [3.05, 3.63) is 64.1 Å². The normalized spacial score (nSPS) is 13.9. The smallest absolute Gasteiger partial charge is 0.276 e. The molecular weight excluding hydrogens is 438 g/mol. The number of fused-ring (bicyclic) bond motifs is 4. The molecule has 7 nitrogen and oxygen atoms in total. The minimum Gasteiger partial charge on any atom is -0.486 e. The van der Waals surface area contributed by atoms with Crippen LogP contribution in [0.5, 0.6) is 11.5 Å². The Morgan fingerprint density at radius 2 is 1.97 bits per heavy atom. The molecule has 1 atom stereocenters. The van der Waals surface area contributed by atoms with Gasteiger partial charge in [-0.05, 0) is 44.0 Å². The van der Waals surface area contributed by atoms with Gasteiger partial charge < -0.3 is 14.8 Å². The van der Waals surface area contributed by atoms with Crippen LogP contribution < -0.4 is 20.3 Å². The Bertz CT molecular complexity index is 1410. The maximum atomic E-state index is 13.1. The van der Waals surface area contributed by atoms with Gasteiger partial charge in [-0.25, -0.2) is 4.68 Å². The van der Waals surface area contributed by atoms with Gasteiger partial charge in [-0.3, -0.25) is 9.59 Å². The first-order chi connectivity index (χ1) is 16.0. The van der Waals surface area contributed by atoms with Crippen LogP contribution in [-0.4, -0.2) is 28.9 Å². The lowest BCUT2D eigenvalue weighted by Gasteiger charge is -2.21. The van der Waals surface area contributed by atoms with Crippen LogP contribution in [0.15, 0.2) is 47.3 Å². The molecule has 1 amide bonds. The summed E-state index contributed by atoms with van der Waals surface area (Å²) in [4.78, 5) is 25.6. The molecule has 0 aliphatic carbocycles. The van der Waals surface area contributed by atoms with Gasteiger partial charge in [0.2, 0.25) is 5.91 Å². The predicted octanol–water partition coefficient (Wildman–Crippen LogP) is 4.35. The molecule has 0 unspecified atom stereocenters. The van der Waals surface area contributed by atoms with Crippen LogP contribution in [0.1, 0.15) is 37.1 Å². The van der Waals surface area contributed by atoms with Crippen molar-refractivity contribution >= 4 is 37.4 Å². The Morgan fingerprint density at radius 1 is 1.18 bits per heavy atom. The number of amides is 1. The molecule has 1 aliphatic rings. The molecule has 1 aliphatic heterocycles. The third-order valence-corrected chi connectivity index (χ3v) is 7.14. The molecule has 2 aromatic carbocycles. The lowest BCUT2D eigenvalue weighted by molar-refractivity contribution is -0.121. The van der Waals surface area contributed by atoms with Gasteiger partial charge >= 0.3 is 0 Å². The molecule has 3 heterocycles. The van der Waals surface area contributed by atoms with Crippen molar-refractivity contribution in [1.82, 2.24) is 15.1 Å². The van der Waals surface area contributed by atoms with Crippen LogP contribution in [0.2, 0.25) is 0 Å². The highest BCUT2D eigenvalue weighted by atomic mass is 32.1. The largest absolute Gasteiger partial charge is 0.486 e. The maximum absolute atomic E-state index is 13.1. The van der Waals surface area contributed by atoms with Crippen LogP contribution in [-0.2, 0) is 11.3 Å². The average molecular weight is 464 g/mol. The summed E-state index contributed by atoms with van der Waals surface area (Å²) >= 11 is 1.60. The minimum absolute atomic E-state index is 0.0655. The van der Waals surface area contributed by atoms with E-state index in [1.54, 1.807) is 11.3 Å². The van der Waals surface area contributed by atoms with Crippen LogP contribution in [0.4, 0.5) is 0 Å². The Hall–Kier alpha value is -3.39. The first-order valence-electron chi connectivity index (χ1n) is 11.1. The van der Waals surface area contributed by atoms with Crippen molar-refractivity contribution < 1.29 is 14.3 Å². The van der Waals surface area contributed by atoms with E-state index >= 15 is 0 Å². The van der Waals surface area contributed by atoms with Gasteiger partial charge in [-0.15, -0.1) is 11.3 Å². The van der Waals surface area contributed by atoms with Crippen molar-refractivity contribution in [2.45, 2.75) is 39.3 Å². The Balaban J connectivity index is 1.24. The van der Waals surface area contributed by atoms with E-state index in [9.17, 15) is 9.59 Å². The summed E-state index contributed by atoms with van der Waals surface area (Å²) in [6.07, 6.45) is 0.837. The summed E-state index contributed by atoms with van der Waals surface area (Å²) < 4.78 is 14.7. The standard InChI is InChI=1S/C25H25N3O4S/c1-15(17-9-10-19-20(14-17)32-13-12-31-19)26-22(29)8-5-11-28-25(30)23-18-6-3-4-7-21(18)33-24(23)16(2)27-28/h3-4,6-7,9-10,14-15H,5,8,11-13H2,1-2H3,(H,26,29)/t15-/m1/s1. The summed E-state index contributed by atoms with van der Waals surface area (Å²) in [5, 5.41) is 9.21. The molecule has 33 heavy (non-hydrogen) atoms. The number of carbonyl (C=O) groups is 1. The van der Waals surface area contributed by atoms with E-state index < -0.39 is 0 Å². The fourth-order valence-corrected chi connectivity index (χ4v) is 5.32. The lowest BCUT2D eigenvalue weighted by atomic mass is 10.1. The second kappa shape index (κ2) is 8.86. The fraction of sp³-hybridized carbons (Fsp3) is 0.320. The zero-order chi connectivity index (χ0) is 22.9. The number of thiophene rings is 1. The molecule has 0 saturated carbocycles. The van der Waals surface area contributed by atoms with E-state index in [4.69, 9.17) is 9.47 Å². The summed E-state index contributed by atoms with van der Waals surface area (Å²) in [6, 6.07) is 13.5. The van der Waals surface area contributed by atoms with Crippen molar-refractivity contribution in [1.29, 1.82) is 0 Å². The number of nitrogens with zero attached hydrogens (tertiary/aromatic N) is 2. The average Bonchev–Trinajstić information content (AvgIpc) is 3.22. The van der Waals surface area contributed by atoms with Crippen molar-refractivity contribution in [3.8, 4) is 11.5 Å². The SMILES string of the molecule is Cc1nn(CCCC(=O)N[C@H](C)c2ccc3c(c2)OCCO3)c(=O)c2c1sc1ccccc12. The van der Waals surface area contributed by atoms with Crippen LogP contribution in [0.25, 0.3) is 20.2 Å². The number of hydrogen-bond donors (Lipinski definition) is 1. The molecule has 1 N–H and O–H groups in total. The van der Waals surface area contributed by atoms with Crippen LogP contribution in [0.3, 0.4) is 0 Å². The number of benzene rings is 2. The first kappa shape index (κ1) is 21.5. The van der Waals surface area contributed by atoms with E-state index in [1.807, 2.05) is 56.3 Å². The molecule has 0 bridgehead atoms. The Morgan fingerprint density at radius 3 is 2.82 bits per heavy atom. The van der Waals surface area contributed by atoms with Gasteiger partial charge in [-0.2, -0.15) is 5.10 Å². The van der Waals surface area contributed by atoms with Crippen LogP contribution in [0, 0.1) is 6.92 Å². The molecule has 8 heteroatoms. The number of aryl methyl sites for hydroxylation is 2. The predicted molar refractivity (Wildman–Crippen MR) is 129 cm³/mol.